The van der Waals surface area contributed by atoms with E-state index in [-0.39, 0.29) is 35.5 Å². The fourth-order valence-electron chi connectivity index (χ4n) is 3.64. The highest BCUT2D eigenvalue weighted by atomic mass is 32.2. The second kappa shape index (κ2) is 13.8. The first-order chi connectivity index (χ1) is 16.3. The van der Waals surface area contributed by atoms with Crippen LogP contribution in [0.3, 0.4) is 0 Å². The second-order valence-electron chi connectivity index (χ2n) is 8.05. The molecule has 2 amide bonds. The van der Waals surface area contributed by atoms with E-state index in [4.69, 9.17) is 4.74 Å². The number of hydrogen-bond acceptors (Lipinski definition) is 8. The Balaban J connectivity index is 1.90. The molecule has 0 saturated carbocycles. The molecule has 186 valence electrons. The maximum Gasteiger partial charge on any atom is 0.323 e. The highest BCUT2D eigenvalue weighted by Crippen LogP contribution is 2.37. The van der Waals surface area contributed by atoms with Crippen LogP contribution in [0, 0.1) is 17.2 Å². The van der Waals surface area contributed by atoms with Crippen LogP contribution in [-0.4, -0.2) is 78.0 Å². The van der Waals surface area contributed by atoms with Gasteiger partial charge in [0.25, 0.3) is 0 Å². The van der Waals surface area contributed by atoms with Gasteiger partial charge in [-0.3, -0.25) is 19.3 Å². The molecule has 1 aliphatic rings. The average Bonchev–Trinajstić information content (AvgIpc) is 3.11. The molecule has 2 rings (SSSR count). The van der Waals surface area contributed by atoms with Gasteiger partial charge < -0.3 is 20.3 Å². The van der Waals surface area contributed by atoms with Crippen LogP contribution in [0.5, 0.6) is 0 Å². The summed E-state index contributed by atoms with van der Waals surface area (Å²) in [5, 5.41) is 15.1. The molecule has 1 heterocycles. The summed E-state index contributed by atoms with van der Waals surface area (Å²) in [6.07, 6.45) is 0.865. The molecule has 3 unspecified atom stereocenters. The number of rotatable bonds is 13. The molecule has 1 saturated heterocycles. The topological polar surface area (TPSA) is 115 Å². The molecule has 0 aliphatic carbocycles. The number of amides is 2. The number of benzene rings is 1. The van der Waals surface area contributed by atoms with Crippen molar-refractivity contribution in [3.8, 4) is 6.07 Å². The van der Waals surface area contributed by atoms with Gasteiger partial charge in [-0.2, -0.15) is 5.26 Å². The number of carbonyl (C=O) groups excluding carboxylic acids is 3. The monoisotopic (exact) mass is 489 g/mol. The van der Waals surface area contributed by atoms with Crippen LogP contribution in [0.15, 0.2) is 24.3 Å². The van der Waals surface area contributed by atoms with Gasteiger partial charge in [-0.15, -0.1) is 11.8 Å². The Bertz CT molecular complexity index is 890. The highest BCUT2D eigenvalue weighted by molar-refractivity contribution is 8.01. The SMILES string of the molecule is CCOC(=O)C(C#N)CC1SC(CCNc2cccc(NC(=O)CN(C)CC)c2)C(=O)N1CC. The number of hydrogen-bond donors (Lipinski definition) is 2. The molecule has 0 bridgehead atoms. The van der Waals surface area contributed by atoms with Gasteiger partial charge in [0.05, 0.1) is 29.8 Å². The van der Waals surface area contributed by atoms with Gasteiger partial charge >= 0.3 is 5.97 Å². The summed E-state index contributed by atoms with van der Waals surface area (Å²) in [6, 6.07) is 9.49. The van der Waals surface area contributed by atoms with Crippen molar-refractivity contribution in [1.29, 1.82) is 5.26 Å². The van der Waals surface area contributed by atoms with Crippen LogP contribution < -0.4 is 10.6 Å². The van der Waals surface area contributed by atoms with E-state index >= 15 is 0 Å². The van der Waals surface area contributed by atoms with Gasteiger partial charge in [-0.1, -0.05) is 13.0 Å². The number of nitriles is 1. The van der Waals surface area contributed by atoms with E-state index in [1.807, 2.05) is 56.1 Å². The molecule has 2 N–H and O–H groups in total. The summed E-state index contributed by atoms with van der Waals surface area (Å²) < 4.78 is 4.99. The van der Waals surface area contributed by atoms with Crippen molar-refractivity contribution in [2.45, 2.75) is 44.2 Å². The zero-order chi connectivity index (χ0) is 25.1. The van der Waals surface area contributed by atoms with E-state index in [0.29, 0.717) is 31.7 Å². The summed E-state index contributed by atoms with van der Waals surface area (Å²) in [4.78, 5) is 40.7. The molecule has 1 aliphatic heterocycles. The molecule has 1 aromatic carbocycles. The number of likely N-dealkylation sites (N-methyl/N-ethyl adjacent to an activating group) is 1. The predicted octanol–water partition coefficient (Wildman–Crippen LogP) is 2.76. The standard InChI is InChI=1S/C24H35N5O4S/c1-5-28(4)16-21(30)27-19-10-8-9-18(14-19)26-12-11-20-23(31)29(6-2)22(34-20)13-17(15-25)24(32)33-7-3/h8-10,14,17,20,22,26H,5-7,11-13,16H2,1-4H3,(H,27,30). The molecule has 3 atom stereocenters. The lowest BCUT2D eigenvalue weighted by atomic mass is 10.1. The first kappa shape index (κ1) is 27.5. The third-order valence-electron chi connectivity index (χ3n) is 5.57. The number of carbonyl (C=O) groups is 3. The van der Waals surface area contributed by atoms with Gasteiger partial charge in [-0.25, -0.2) is 0 Å². The van der Waals surface area contributed by atoms with Crippen LogP contribution in [0.25, 0.3) is 0 Å². The van der Waals surface area contributed by atoms with Crippen LogP contribution in [0.1, 0.15) is 33.6 Å². The summed E-state index contributed by atoms with van der Waals surface area (Å²) >= 11 is 1.50. The largest absolute Gasteiger partial charge is 0.465 e. The molecule has 1 fully saturated rings. The fourth-order valence-corrected chi connectivity index (χ4v) is 5.23. The minimum atomic E-state index is -0.883. The van der Waals surface area contributed by atoms with Crippen LogP contribution in [-0.2, 0) is 19.1 Å². The molecular weight excluding hydrogens is 454 g/mol. The van der Waals surface area contributed by atoms with Gasteiger partial charge in [0.2, 0.25) is 11.8 Å². The van der Waals surface area contributed by atoms with Gasteiger partial charge in [0, 0.05) is 30.9 Å². The van der Waals surface area contributed by atoms with Gasteiger partial charge in [-0.05, 0) is 52.1 Å². The number of nitrogens with one attached hydrogen (secondary N) is 2. The Kier molecular flexibility index (Phi) is 11.2. The lowest BCUT2D eigenvalue weighted by Gasteiger charge is -2.23. The van der Waals surface area contributed by atoms with E-state index in [1.165, 1.54) is 11.8 Å². The number of ether oxygens (including phenoxy) is 1. The van der Waals surface area contributed by atoms with E-state index in [2.05, 4.69) is 10.6 Å². The summed E-state index contributed by atoms with van der Waals surface area (Å²) in [5.41, 5.74) is 1.57. The first-order valence-electron chi connectivity index (χ1n) is 11.7. The van der Waals surface area contributed by atoms with E-state index in [9.17, 15) is 19.6 Å². The minimum Gasteiger partial charge on any atom is -0.465 e. The summed E-state index contributed by atoms with van der Waals surface area (Å²) in [5.74, 6) is -1.46. The predicted molar refractivity (Wildman–Crippen MR) is 134 cm³/mol. The van der Waals surface area contributed by atoms with Crippen molar-refractivity contribution in [2.24, 2.45) is 5.92 Å². The summed E-state index contributed by atoms with van der Waals surface area (Å²) in [6.45, 7) is 8.04. The molecule has 10 heteroatoms. The Hall–Kier alpha value is -2.77. The van der Waals surface area contributed by atoms with E-state index < -0.39 is 11.9 Å². The Labute approximate surface area is 206 Å². The fraction of sp³-hybridized carbons (Fsp3) is 0.583. The molecule has 0 spiro atoms. The molecule has 34 heavy (non-hydrogen) atoms. The smallest absolute Gasteiger partial charge is 0.323 e. The second-order valence-corrected chi connectivity index (χ2v) is 9.43. The zero-order valence-corrected chi connectivity index (χ0v) is 21.2. The minimum absolute atomic E-state index is 0.0286. The van der Waals surface area contributed by atoms with Crippen molar-refractivity contribution in [3.05, 3.63) is 24.3 Å². The Morgan fingerprint density at radius 3 is 2.68 bits per heavy atom. The van der Waals surface area contributed by atoms with E-state index in [0.717, 1.165) is 12.2 Å². The Morgan fingerprint density at radius 1 is 1.29 bits per heavy atom. The lowest BCUT2D eigenvalue weighted by Crippen LogP contribution is -2.36. The van der Waals surface area contributed by atoms with Crippen LogP contribution in [0.2, 0.25) is 0 Å². The van der Waals surface area contributed by atoms with E-state index in [1.54, 1.807) is 11.8 Å². The Morgan fingerprint density at radius 2 is 2.03 bits per heavy atom. The number of esters is 1. The van der Waals surface area contributed by atoms with Crippen molar-refractivity contribution in [2.75, 3.05) is 50.5 Å². The van der Waals surface area contributed by atoms with Crippen molar-refractivity contribution in [1.82, 2.24) is 9.80 Å². The van der Waals surface area contributed by atoms with Crippen molar-refractivity contribution >= 4 is 40.9 Å². The van der Waals surface area contributed by atoms with Gasteiger partial charge in [0.1, 0.15) is 5.92 Å². The number of nitrogens with zero attached hydrogens (tertiary/aromatic N) is 3. The first-order valence-corrected chi connectivity index (χ1v) is 12.6. The molecule has 0 radical (unpaired) electrons. The summed E-state index contributed by atoms with van der Waals surface area (Å²) in [7, 11) is 1.89. The van der Waals surface area contributed by atoms with Crippen LogP contribution >= 0.6 is 11.8 Å². The lowest BCUT2D eigenvalue weighted by molar-refractivity contribution is -0.146. The van der Waals surface area contributed by atoms with Crippen LogP contribution in [0.4, 0.5) is 11.4 Å². The third kappa shape index (κ3) is 7.92. The normalized spacial score (nSPS) is 18.5. The zero-order valence-electron chi connectivity index (χ0n) is 20.4. The number of anilines is 2. The quantitative estimate of drug-likeness (QED) is 0.407. The van der Waals surface area contributed by atoms with Crippen molar-refractivity contribution < 1.29 is 19.1 Å². The van der Waals surface area contributed by atoms with Gasteiger partial charge in [0.15, 0.2) is 0 Å². The molecular formula is C24H35N5O4S. The average molecular weight is 490 g/mol. The maximum atomic E-state index is 12.9. The third-order valence-corrected chi connectivity index (χ3v) is 7.09. The highest BCUT2D eigenvalue weighted by Gasteiger charge is 2.41. The maximum absolute atomic E-state index is 12.9. The molecule has 9 nitrogen and oxygen atoms in total. The molecule has 1 aromatic rings. The number of thioether (sulfide) groups is 1. The molecule has 0 aromatic heterocycles. The van der Waals surface area contributed by atoms with Crippen molar-refractivity contribution in [3.63, 3.8) is 0 Å².